The molecule has 5 nitrogen and oxygen atoms in total. The van der Waals surface area contributed by atoms with Crippen LogP contribution < -0.4 is 0 Å². The fraction of sp³-hybridized carbons (Fsp3) is 0.444. The summed E-state index contributed by atoms with van der Waals surface area (Å²) in [5.41, 5.74) is 0.965. The van der Waals surface area contributed by atoms with Gasteiger partial charge in [0, 0.05) is 23.7 Å². The van der Waals surface area contributed by atoms with Gasteiger partial charge in [-0.05, 0) is 50.1 Å². The monoisotopic (exact) mass is 314 g/mol. The number of hydrogen-bond acceptors (Lipinski definition) is 4. The van der Waals surface area contributed by atoms with Crippen LogP contribution in [0.3, 0.4) is 0 Å². The summed E-state index contributed by atoms with van der Waals surface area (Å²) in [5.74, 6) is 1.72. The first kappa shape index (κ1) is 15.7. The molecular weight excluding hydrogens is 292 g/mol. The molecule has 1 fully saturated rings. The number of nitro groups is 1. The van der Waals surface area contributed by atoms with E-state index in [-0.39, 0.29) is 5.69 Å². The van der Waals surface area contributed by atoms with Gasteiger partial charge in [-0.1, -0.05) is 13.3 Å². The van der Waals surface area contributed by atoms with E-state index in [4.69, 9.17) is 4.42 Å². The van der Waals surface area contributed by atoms with E-state index in [0.717, 1.165) is 30.2 Å². The molecule has 0 saturated carbocycles. The van der Waals surface area contributed by atoms with Crippen LogP contribution in [0.4, 0.5) is 5.69 Å². The predicted octanol–water partition coefficient (Wildman–Crippen LogP) is 4.62. The standard InChI is InChI=1S/C18H22N2O3/c1-2-15-5-3-4-12-19(15)13-17-10-11-18(23-17)14-6-8-16(9-7-14)20(21)22/h6-11,15H,2-5,12-13H2,1H3/t15-/m0/s1. The quantitative estimate of drug-likeness (QED) is 0.597. The topological polar surface area (TPSA) is 59.5 Å². The Labute approximate surface area is 136 Å². The highest BCUT2D eigenvalue weighted by Gasteiger charge is 2.21. The molecule has 1 aromatic heterocycles. The van der Waals surface area contributed by atoms with Crippen molar-refractivity contribution in [1.82, 2.24) is 4.90 Å². The SMILES string of the molecule is CC[C@H]1CCCCN1Cc1ccc(-c2ccc([N+](=O)[O-])cc2)o1. The molecule has 1 saturated heterocycles. The average Bonchev–Trinajstić information content (AvgIpc) is 3.04. The third-order valence-corrected chi connectivity index (χ3v) is 4.60. The highest BCUT2D eigenvalue weighted by atomic mass is 16.6. The molecular formula is C18H22N2O3. The van der Waals surface area contributed by atoms with Gasteiger partial charge in [0.1, 0.15) is 11.5 Å². The Bertz CT molecular complexity index is 663. The molecule has 0 amide bonds. The van der Waals surface area contributed by atoms with E-state index >= 15 is 0 Å². The zero-order chi connectivity index (χ0) is 16.2. The molecule has 1 aliphatic rings. The molecule has 1 atom stereocenters. The predicted molar refractivity (Wildman–Crippen MR) is 89.1 cm³/mol. The first-order valence-corrected chi connectivity index (χ1v) is 8.25. The lowest BCUT2D eigenvalue weighted by atomic mass is 10.00. The Morgan fingerprint density at radius 2 is 2.00 bits per heavy atom. The van der Waals surface area contributed by atoms with Crippen LogP contribution in [-0.2, 0) is 6.54 Å². The number of nitrogens with zero attached hydrogens (tertiary/aromatic N) is 2. The van der Waals surface area contributed by atoms with Crippen LogP contribution in [-0.4, -0.2) is 22.4 Å². The molecule has 0 unspecified atom stereocenters. The Morgan fingerprint density at radius 3 is 2.70 bits per heavy atom. The van der Waals surface area contributed by atoms with E-state index in [1.54, 1.807) is 12.1 Å². The summed E-state index contributed by atoms with van der Waals surface area (Å²) in [5, 5.41) is 10.7. The van der Waals surface area contributed by atoms with Crippen LogP contribution in [0.25, 0.3) is 11.3 Å². The van der Waals surface area contributed by atoms with Crippen molar-refractivity contribution in [2.24, 2.45) is 0 Å². The highest BCUT2D eigenvalue weighted by molar-refractivity contribution is 5.59. The maximum absolute atomic E-state index is 10.7. The van der Waals surface area contributed by atoms with Crippen molar-refractivity contribution >= 4 is 5.69 Å². The number of benzene rings is 1. The fourth-order valence-electron chi connectivity index (χ4n) is 3.30. The summed E-state index contributed by atoms with van der Waals surface area (Å²) in [4.78, 5) is 12.8. The number of hydrogen-bond donors (Lipinski definition) is 0. The van der Waals surface area contributed by atoms with Crippen molar-refractivity contribution in [2.75, 3.05) is 6.54 Å². The molecule has 23 heavy (non-hydrogen) atoms. The van der Waals surface area contributed by atoms with Gasteiger partial charge in [-0.25, -0.2) is 0 Å². The van der Waals surface area contributed by atoms with Gasteiger partial charge >= 0.3 is 0 Å². The lowest BCUT2D eigenvalue weighted by Gasteiger charge is -2.34. The van der Waals surface area contributed by atoms with Gasteiger partial charge in [0.15, 0.2) is 0 Å². The van der Waals surface area contributed by atoms with E-state index in [0.29, 0.717) is 6.04 Å². The summed E-state index contributed by atoms with van der Waals surface area (Å²) >= 11 is 0. The van der Waals surface area contributed by atoms with E-state index < -0.39 is 4.92 Å². The minimum absolute atomic E-state index is 0.0969. The van der Waals surface area contributed by atoms with E-state index in [1.165, 1.54) is 37.8 Å². The summed E-state index contributed by atoms with van der Waals surface area (Å²) in [6, 6.07) is 11.1. The number of rotatable bonds is 5. The maximum atomic E-state index is 10.7. The Balaban J connectivity index is 1.71. The zero-order valence-electron chi connectivity index (χ0n) is 13.4. The third-order valence-electron chi connectivity index (χ3n) is 4.60. The highest BCUT2D eigenvalue weighted by Crippen LogP contribution is 2.27. The van der Waals surface area contributed by atoms with E-state index in [1.807, 2.05) is 12.1 Å². The Hall–Kier alpha value is -2.14. The second-order valence-electron chi connectivity index (χ2n) is 6.10. The minimum atomic E-state index is -0.390. The normalized spacial score (nSPS) is 18.9. The number of piperidine rings is 1. The molecule has 0 radical (unpaired) electrons. The van der Waals surface area contributed by atoms with Crippen molar-refractivity contribution < 1.29 is 9.34 Å². The summed E-state index contributed by atoms with van der Waals surface area (Å²) in [7, 11) is 0. The molecule has 0 spiro atoms. The van der Waals surface area contributed by atoms with Crippen molar-refractivity contribution in [3.8, 4) is 11.3 Å². The largest absolute Gasteiger partial charge is 0.460 e. The number of nitro benzene ring substituents is 1. The third kappa shape index (κ3) is 3.62. The van der Waals surface area contributed by atoms with Crippen LogP contribution in [0.2, 0.25) is 0 Å². The Morgan fingerprint density at radius 1 is 1.22 bits per heavy atom. The second-order valence-corrected chi connectivity index (χ2v) is 6.10. The smallest absolute Gasteiger partial charge is 0.269 e. The van der Waals surface area contributed by atoms with Gasteiger partial charge in [-0.15, -0.1) is 0 Å². The molecule has 2 heterocycles. The van der Waals surface area contributed by atoms with Crippen molar-refractivity contribution in [2.45, 2.75) is 45.2 Å². The first-order valence-electron chi connectivity index (χ1n) is 8.25. The van der Waals surface area contributed by atoms with Gasteiger partial charge in [0.25, 0.3) is 5.69 Å². The van der Waals surface area contributed by atoms with Crippen molar-refractivity contribution in [1.29, 1.82) is 0 Å². The van der Waals surface area contributed by atoms with Crippen LogP contribution in [0.5, 0.6) is 0 Å². The first-order chi connectivity index (χ1) is 11.2. The number of likely N-dealkylation sites (tertiary alicyclic amines) is 1. The van der Waals surface area contributed by atoms with Gasteiger partial charge in [0.2, 0.25) is 0 Å². The van der Waals surface area contributed by atoms with Crippen LogP contribution in [0, 0.1) is 10.1 Å². The van der Waals surface area contributed by atoms with Gasteiger partial charge < -0.3 is 4.42 Å². The molecule has 0 aliphatic carbocycles. The fourth-order valence-corrected chi connectivity index (χ4v) is 3.30. The average molecular weight is 314 g/mol. The zero-order valence-corrected chi connectivity index (χ0v) is 13.4. The van der Waals surface area contributed by atoms with E-state index in [9.17, 15) is 10.1 Å². The van der Waals surface area contributed by atoms with Crippen LogP contribution in [0.1, 0.15) is 38.4 Å². The molecule has 0 N–H and O–H groups in total. The molecule has 0 bridgehead atoms. The number of furan rings is 1. The van der Waals surface area contributed by atoms with Gasteiger partial charge in [-0.3, -0.25) is 15.0 Å². The van der Waals surface area contributed by atoms with Gasteiger partial charge in [0.05, 0.1) is 11.5 Å². The molecule has 122 valence electrons. The lowest BCUT2D eigenvalue weighted by molar-refractivity contribution is -0.384. The number of non-ortho nitro benzene ring substituents is 1. The molecule has 1 aliphatic heterocycles. The molecule has 1 aromatic carbocycles. The minimum Gasteiger partial charge on any atom is -0.460 e. The van der Waals surface area contributed by atoms with Crippen molar-refractivity contribution in [3.05, 3.63) is 52.3 Å². The summed E-state index contributed by atoms with van der Waals surface area (Å²) in [6.07, 6.45) is 5.02. The molecule has 2 aromatic rings. The Kier molecular flexibility index (Phi) is 4.76. The van der Waals surface area contributed by atoms with E-state index in [2.05, 4.69) is 11.8 Å². The summed E-state index contributed by atoms with van der Waals surface area (Å²) < 4.78 is 5.95. The lowest BCUT2D eigenvalue weighted by Crippen LogP contribution is -2.38. The molecule has 5 heteroatoms. The second kappa shape index (κ2) is 6.96. The van der Waals surface area contributed by atoms with Crippen LogP contribution >= 0.6 is 0 Å². The van der Waals surface area contributed by atoms with Crippen LogP contribution in [0.15, 0.2) is 40.8 Å². The summed E-state index contributed by atoms with van der Waals surface area (Å²) in [6.45, 7) is 4.21. The van der Waals surface area contributed by atoms with Gasteiger partial charge in [-0.2, -0.15) is 0 Å². The molecule has 3 rings (SSSR count). The maximum Gasteiger partial charge on any atom is 0.269 e. The van der Waals surface area contributed by atoms with Crippen molar-refractivity contribution in [3.63, 3.8) is 0 Å².